The van der Waals surface area contributed by atoms with E-state index >= 15 is 0 Å². The fraction of sp³-hybridized carbons (Fsp3) is 0.333. The average Bonchev–Trinajstić information content (AvgIpc) is 3.16. The highest BCUT2D eigenvalue weighted by Gasteiger charge is 2.36. The molecule has 1 aliphatic rings. The topological polar surface area (TPSA) is 86.8 Å². The summed E-state index contributed by atoms with van der Waals surface area (Å²) < 4.78 is 0. The molecule has 0 bridgehead atoms. The van der Waals surface area contributed by atoms with Crippen LogP contribution in [0.1, 0.15) is 71.0 Å². The van der Waals surface area contributed by atoms with Crippen molar-refractivity contribution in [1.82, 2.24) is 15.1 Å². The lowest BCUT2D eigenvalue weighted by Crippen LogP contribution is -2.54. The molecule has 0 fully saturated rings. The van der Waals surface area contributed by atoms with E-state index in [2.05, 4.69) is 5.32 Å². The van der Waals surface area contributed by atoms with Gasteiger partial charge in [-0.25, -0.2) is 0 Å². The maximum Gasteiger partial charge on any atom is 0.261 e. The Morgan fingerprint density at radius 1 is 0.850 bits per heavy atom. The Hall–Kier alpha value is -4.26. The van der Waals surface area contributed by atoms with Gasteiger partial charge in [-0.3, -0.25) is 24.1 Å². The van der Waals surface area contributed by atoms with Gasteiger partial charge in [0.2, 0.25) is 11.8 Å². The Morgan fingerprint density at radius 3 is 2.02 bits per heavy atom. The number of fused-ring (bicyclic) bond motifs is 1. The first-order valence-corrected chi connectivity index (χ1v) is 13.7. The number of hydrogen-bond acceptors (Lipinski definition) is 4. The van der Waals surface area contributed by atoms with Gasteiger partial charge in [0.15, 0.2) is 0 Å². The van der Waals surface area contributed by atoms with E-state index in [1.807, 2.05) is 82.3 Å². The van der Waals surface area contributed by atoms with Crippen LogP contribution in [0.2, 0.25) is 0 Å². The van der Waals surface area contributed by atoms with E-state index in [-0.39, 0.29) is 43.1 Å². The SMILES string of the molecule is Cc1ccccc1CN(C(=O)CCCN1C(=O)c2ccccc2C1=O)[C@H](Cc1ccccc1)C(=O)NC(C)(C)C. The van der Waals surface area contributed by atoms with Crippen molar-refractivity contribution in [2.45, 2.75) is 65.1 Å². The van der Waals surface area contributed by atoms with Gasteiger partial charge in [0.1, 0.15) is 6.04 Å². The van der Waals surface area contributed by atoms with Gasteiger partial charge < -0.3 is 10.2 Å². The summed E-state index contributed by atoms with van der Waals surface area (Å²) in [6.45, 7) is 8.14. The summed E-state index contributed by atoms with van der Waals surface area (Å²) in [5.41, 5.74) is 3.24. The Morgan fingerprint density at radius 2 is 1.43 bits per heavy atom. The zero-order valence-corrected chi connectivity index (χ0v) is 23.6. The summed E-state index contributed by atoms with van der Waals surface area (Å²) in [5.74, 6) is -1.10. The number of hydrogen-bond donors (Lipinski definition) is 1. The number of nitrogens with zero attached hydrogens (tertiary/aromatic N) is 2. The highest BCUT2D eigenvalue weighted by atomic mass is 16.2. The molecule has 3 aromatic rings. The molecule has 208 valence electrons. The molecule has 7 heteroatoms. The third-order valence-corrected chi connectivity index (χ3v) is 7.02. The molecule has 1 heterocycles. The first-order chi connectivity index (χ1) is 19.0. The zero-order chi connectivity index (χ0) is 28.9. The van der Waals surface area contributed by atoms with Crippen LogP contribution in [0.15, 0.2) is 78.9 Å². The molecular weight excluding hydrogens is 502 g/mol. The second-order valence-electron chi connectivity index (χ2n) is 11.3. The van der Waals surface area contributed by atoms with E-state index in [1.54, 1.807) is 29.2 Å². The van der Waals surface area contributed by atoms with Gasteiger partial charge in [-0.1, -0.05) is 66.7 Å². The molecule has 7 nitrogen and oxygen atoms in total. The lowest BCUT2D eigenvalue weighted by Gasteiger charge is -2.34. The van der Waals surface area contributed by atoms with Crippen LogP contribution in [0, 0.1) is 6.92 Å². The summed E-state index contributed by atoms with van der Waals surface area (Å²) >= 11 is 0. The fourth-order valence-corrected chi connectivity index (χ4v) is 4.95. The van der Waals surface area contributed by atoms with E-state index in [1.165, 1.54) is 4.90 Å². The van der Waals surface area contributed by atoms with Crippen LogP contribution in [0.4, 0.5) is 0 Å². The van der Waals surface area contributed by atoms with E-state index in [0.717, 1.165) is 16.7 Å². The Labute approximate surface area is 236 Å². The number of benzene rings is 3. The molecule has 3 aromatic carbocycles. The molecule has 0 aliphatic carbocycles. The maximum atomic E-state index is 13.9. The minimum atomic E-state index is -0.743. The van der Waals surface area contributed by atoms with Crippen molar-refractivity contribution in [1.29, 1.82) is 0 Å². The van der Waals surface area contributed by atoms with Gasteiger partial charge >= 0.3 is 0 Å². The van der Waals surface area contributed by atoms with E-state index in [9.17, 15) is 19.2 Å². The van der Waals surface area contributed by atoms with Crippen molar-refractivity contribution >= 4 is 23.6 Å². The van der Waals surface area contributed by atoms with Gasteiger partial charge in [0.25, 0.3) is 11.8 Å². The van der Waals surface area contributed by atoms with Crippen molar-refractivity contribution in [3.8, 4) is 0 Å². The molecule has 0 unspecified atom stereocenters. The largest absolute Gasteiger partial charge is 0.350 e. The van der Waals surface area contributed by atoms with Crippen LogP contribution in [0.5, 0.6) is 0 Å². The van der Waals surface area contributed by atoms with Crippen LogP contribution in [-0.4, -0.2) is 51.6 Å². The van der Waals surface area contributed by atoms with Crippen molar-refractivity contribution in [3.63, 3.8) is 0 Å². The molecule has 4 rings (SSSR count). The highest BCUT2D eigenvalue weighted by Crippen LogP contribution is 2.24. The average molecular weight is 540 g/mol. The standard InChI is InChI=1S/C33H37N3O4/c1-23-13-8-9-16-25(23)22-36(28(30(38)34-33(2,3)4)21-24-14-6-5-7-15-24)29(37)19-12-20-35-31(39)26-17-10-11-18-27(26)32(35)40/h5-11,13-18,28H,12,19-22H2,1-4H3,(H,34,38)/t28-/m1/s1. The Kier molecular flexibility index (Phi) is 8.83. The maximum absolute atomic E-state index is 13.9. The van der Waals surface area contributed by atoms with Gasteiger partial charge in [0, 0.05) is 31.5 Å². The summed E-state index contributed by atoms with van der Waals surface area (Å²) in [4.78, 5) is 56.0. The van der Waals surface area contributed by atoms with Crippen LogP contribution >= 0.6 is 0 Å². The summed E-state index contributed by atoms with van der Waals surface area (Å²) in [6.07, 6.45) is 0.750. The molecule has 4 amide bonds. The molecule has 1 atom stereocenters. The predicted octanol–water partition coefficient (Wildman–Crippen LogP) is 4.93. The second-order valence-corrected chi connectivity index (χ2v) is 11.3. The number of imide groups is 1. The quantitative estimate of drug-likeness (QED) is 0.370. The van der Waals surface area contributed by atoms with E-state index < -0.39 is 11.6 Å². The van der Waals surface area contributed by atoms with Crippen LogP contribution in [0.25, 0.3) is 0 Å². The summed E-state index contributed by atoms with van der Waals surface area (Å²) in [5, 5.41) is 3.07. The van der Waals surface area contributed by atoms with Crippen molar-refractivity contribution in [3.05, 3.63) is 107 Å². The Bertz CT molecular complexity index is 1360. The monoisotopic (exact) mass is 539 g/mol. The molecule has 1 aliphatic heterocycles. The molecule has 0 spiro atoms. The third kappa shape index (κ3) is 6.84. The number of nitrogens with one attached hydrogen (secondary N) is 1. The highest BCUT2D eigenvalue weighted by molar-refractivity contribution is 6.21. The molecule has 40 heavy (non-hydrogen) atoms. The molecule has 0 saturated carbocycles. The third-order valence-electron chi connectivity index (χ3n) is 7.02. The van der Waals surface area contributed by atoms with Gasteiger partial charge in [-0.05, 0) is 62.9 Å². The first kappa shape index (κ1) is 28.7. The van der Waals surface area contributed by atoms with E-state index in [0.29, 0.717) is 24.0 Å². The number of carbonyl (C=O) groups excluding carboxylic acids is 4. The fourth-order valence-electron chi connectivity index (χ4n) is 4.95. The number of aryl methyl sites for hydroxylation is 1. The normalized spacial score (nSPS) is 13.7. The second kappa shape index (κ2) is 12.3. The molecule has 1 N–H and O–H groups in total. The molecule has 0 radical (unpaired) electrons. The number of rotatable bonds is 10. The predicted molar refractivity (Wildman–Crippen MR) is 155 cm³/mol. The first-order valence-electron chi connectivity index (χ1n) is 13.7. The van der Waals surface area contributed by atoms with Crippen LogP contribution < -0.4 is 5.32 Å². The minimum absolute atomic E-state index is 0.0906. The molecule has 0 aromatic heterocycles. The number of amides is 4. The van der Waals surface area contributed by atoms with Crippen molar-refractivity contribution < 1.29 is 19.2 Å². The Balaban J connectivity index is 1.57. The number of carbonyl (C=O) groups is 4. The van der Waals surface area contributed by atoms with Gasteiger partial charge in [-0.2, -0.15) is 0 Å². The summed E-state index contributed by atoms with van der Waals surface area (Å²) in [7, 11) is 0. The molecular formula is C33H37N3O4. The van der Waals surface area contributed by atoms with Gasteiger partial charge in [0.05, 0.1) is 11.1 Å². The van der Waals surface area contributed by atoms with Crippen molar-refractivity contribution in [2.24, 2.45) is 0 Å². The zero-order valence-electron chi connectivity index (χ0n) is 23.6. The lowest BCUT2D eigenvalue weighted by molar-refractivity contribution is -0.142. The minimum Gasteiger partial charge on any atom is -0.350 e. The lowest BCUT2D eigenvalue weighted by atomic mass is 9.99. The van der Waals surface area contributed by atoms with Crippen molar-refractivity contribution in [2.75, 3.05) is 6.54 Å². The molecule has 0 saturated heterocycles. The van der Waals surface area contributed by atoms with Crippen LogP contribution in [-0.2, 0) is 22.6 Å². The van der Waals surface area contributed by atoms with Gasteiger partial charge in [-0.15, -0.1) is 0 Å². The van der Waals surface area contributed by atoms with E-state index in [4.69, 9.17) is 0 Å². The smallest absolute Gasteiger partial charge is 0.261 e. The summed E-state index contributed by atoms with van der Waals surface area (Å²) in [6, 6.07) is 23.5. The van der Waals surface area contributed by atoms with Crippen LogP contribution in [0.3, 0.4) is 0 Å².